The molecule has 6 amide bonds. The number of hydrogen-bond acceptors (Lipinski definition) is 18. The Morgan fingerprint density at radius 1 is 0.848 bits per heavy atom. The fraction of sp³-hybridized carbons (Fsp3) is 0.585. The standard InChI is InChI=1S/C41H58N10O15/c1-21(47-29(57)18-63-35-30(48-22(2)54)41(66-26(16-53)33(35)59)64-17-23-9-5-3-6-10-23)39(62)49-24(36(42)61)12-13-27(55)43-14-8-4-7-11-28(56)50-37-31-38(45-19-44-37)51(20-46-31)40-34(60)32(58)25(15-52)65-40/h3,5-6,9-10,19-21,24-26,30,32-35,40-41,52-53,58-60H,4,7-8,11-18H2,1-2H3,(H2,42,61)(H,43,55)(H,47,57)(H,48,54)(H,49,62)(H,44,45,50,56)/t21-,24+,25+,26+,30+,32+,33+,34+,35+,40+,41-/m0/s1. The van der Waals surface area contributed by atoms with Gasteiger partial charge in [-0.3, -0.25) is 33.3 Å². The predicted octanol–water partition coefficient (Wildman–Crippen LogP) is -3.51. The van der Waals surface area contributed by atoms with Crippen molar-refractivity contribution in [3.8, 4) is 0 Å². The van der Waals surface area contributed by atoms with E-state index in [1.165, 1.54) is 31.1 Å². The van der Waals surface area contributed by atoms with E-state index in [0.717, 1.165) is 5.56 Å². The van der Waals surface area contributed by atoms with E-state index in [-0.39, 0.29) is 55.3 Å². The summed E-state index contributed by atoms with van der Waals surface area (Å²) in [6, 6.07) is 5.47. The summed E-state index contributed by atoms with van der Waals surface area (Å²) in [7, 11) is 0. The fourth-order valence-electron chi connectivity index (χ4n) is 7.27. The first kappa shape index (κ1) is 51.2. The molecule has 0 unspecified atom stereocenters. The molecule has 0 saturated carbocycles. The van der Waals surface area contributed by atoms with Gasteiger partial charge in [0.25, 0.3) is 0 Å². The number of ether oxygens (including phenoxy) is 4. The number of nitrogens with zero attached hydrogens (tertiary/aromatic N) is 4. The van der Waals surface area contributed by atoms with Gasteiger partial charge in [0.2, 0.25) is 35.4 Å². The van der Waals surface area contributed by atoms with Gasteiger partial charge < -0.3 is 76.8 Å². The Kier molecular flexibility index (Phi) is 19.1. The van der Waals surface area contributed by atoms with Crippen LogP contribution in [0, 0.1) is 0 Å². The van der Waals surface area contributed by atoms with Crippen molar-refractivity contribution in [2.24, 2.45) is 5.73 Å². The molecule has 11 atom stereocenters. The first-order valence-electron chi connectivity index (χ1n) is 21.4. The van der Waals surface area contributed by atoms with Gasteiger partial charge in [0.05, 0.1) is 26.1 Å². The number of carbonyl (C=O) groups is 6. The highest BCUT2D eigenvalue weighted by atomic mass is 16.7. The summed E-state index contributed by atoms with van der Waals surface area (Å²) in [5.74, 6) is -3.66. The molecule has 0 radical (unpaired) electrons. The summed E-state index contributed by atoms with van der Waals surface area (Å²) in [6.45, 7) is 1.06. The molecule has 66 heavy (non-hydrogen) atoms. The summed E-state index contributed by atoms with van der Waals surface area (Å²) in [5, 5.41) is 63.6. The molecular weight excluding hydrogens is 873 g/mol. The van der Waals surface area contributed by atoms with E-state index in [9.17, 15) is 54.3 Å². The molecule has 3 aromatic rings. The quantitative estimate of drug-likeness (QED) is 0.0388. The minimum absolute atomic E-state index is 0.0547. The van der Waals surface area contributed by atoms with Crippen LogP contribution in [0.25, 0.3) is 11.2 Å². The normalized spacial score (nSPS) is 24.8. The number of nitrogens with one attached hydrogen (secondary N) is 5. The minimum Gasteiger partial charge on any atom is -0.394 e. The van der Waals surface area contributed by atoms with E-state index >= 15 is 0 Å². The summed E-state index contributed by atoms with van der Waals surface area (Å²) in [6.07, 6.45) is -6.03. The van der Waals surface area contributed by atoms with Gasteiger partial charge in [0, 0.05) is 26.3 Å². The van der Waals surface area contributed by atoms with E-state index in [2.05, 4.69) is 41.5 Å². The Bertz CT molecular complexity index is 2110. The van der Waals surface area contributed by atoms with Gasteiger partial charge in [-0.25, -0.2) is 15.0 Å². The maximum absolute atomic E-state index is 13.0. The van der Waals surface area contributed by atoms with Crippen molar-refractivity contribution in [2.45, 2.75) is 126 Å². The highest BCUT2D eigenvalue weighted by Crippen LogP contribution is 2.32. The number of carbonyl (C=O) groups excluding carboxylic acids is 6. The third-order valence-corrected chi connectivity index (χ3v) is 10.8. The van der Waals surface area contributed by atoms with Crippen molar-refractivity contribution < 1.29 is 73.2 Å². The number of benzene rings is 1. The molecule has 2 aliphatic rings. The Morgan fingerprint density at radius 3 is 2.26 bits per heavy atom. The molecule has 12 N–H and O–H groups in total. The van der Waals surface area contributed by atoms with Crippen LogP contribution in [0.2, 0.25) is 0 Å². The number of anilines is 1. The Morgan fingerprint density at radius 2 is 1.58 bits per heavy atom. The lowest BCUT2D eigenvalue weighted by molar-refractivity contribution is -0.279. The molecule has 2 aromatic heterocycles. The van der Waals surface area contributed by atoms with Crippen molar-refractivity contribution in [3.63, 3.8) is 0 Å². The lowest BCUT2D eigenvalue weighted by Crippen LogP contribution is -2.65. The number of primary amides is 1. The van der Waals surface area contributed by atoms with Crippen LogP contribution < -0.4 is 32.3 Å². The van der Waals surface area contributed by atoms with Crippen LogP contribution in [0.15, 0.2) is 43.0 Å². The molecule has 25 heteroatoms. The zero-order chi connectivity index (χ0) is 47.9. The topological polar surface area (TPSA) is 370 Å². The molecule has 0 spiro atoms. The fourth-order valence-corrected chi connectivity index (χ4v) is 7.27. The number of hydrogen-bond donors (Lipinski definition) is 11. The van der Waals surface area contributed by atoms with Crippen molar-refractivity contribution in [2.75, 3.05) is 31.7 Å². The second-order valence-electron chi connectivity index (χ2n) is 15.8. The second kappa shape index (κ2) is 24.7. The molecule has 1 aromatic carbocycles. The molecule has 25 nitrogen and oxygen atoms in total. The average Bonchev–Trinajstić information content (AvgIpc) is 3.85. The number of aromatic nitrogens is 4. The third-order valence-electron chi connectivity index (χ3n) is 10.8. The Labute approximate surface area is 378 Å². The van der Waals surface area contributed by atoms with Gasteiger partial charge in [0.1, 0.15) is 67.7 Å². The molecule has 4 heterocycles. The molecule has 2 saturated heterocycles. The first-order chi connectivity index (χ1) is 31.6. The highest BCUT2D eigenvalue weighted by Gasteiger charge is 2.47. The summed E-state index contributed by atoms with van der Waals surface area (Å²) in [5.41, 5.74) is 6.72. The third kappa shape index (κ3) is 13.9. The lowest BCUT2D eigenvalue weighted by Gasteiger charge is -2.44. The smallest absolute Gasteiger partial charge is 0.246 e. The van der Waals surface area contributed by atoms with Gasteiger partial charge >= 0.3 is 0 Å². The van der Waals surface area contributed by atoms with Crippen molar-refractivity contribution in [3.05, 3.63) is 48.5 Å². The minimum atomic E-state index is -1.50. The SMILES string of the molecule is CC(=O)N[C@H]1[C@@H](OCc2ccccc2)O[C@H](CO)[C@@H](O)[C@@H]1OCC(=O)N[C@@H](C)C(=O)N[C@H](CCC(=O)NCCCCCC(=O)Nc1ncnc2c1ncn2[C@@H]1O[C@H](CO)[C@@H](O)[C@H]1O)C(N)=O. The number of rotatable bonds is 24. The maximum Gasteiger partial charge on any atom is 0.246 e. The van der Waals surface area contributed by atoms with Crippen LogP contribution in [0.4, 0.5) is 5.82 Å². The first-order valence-corrected chi connectivity index (χ1v) is 21.4. The number of unbranched alkanes of at least 4 members (excludes halogenated alkanes) is 2. The van der Waals surface area contributed by atoms with Gasteiger partial charge in [0.15, 0.2) is 29.5 Å². The van der Waals surface area contributed by atoms with Gasteiger partial charge in [-0.15, -0.1) is 0 Å². The summed E-state index contributed by atoms with van der Waals surface area (Å²) in [4.78, 5) is 87.9. The van der Waals surface area contributed by atoms with Gasteiger partial charge in [-0.05, 0) is 31.7 Å². The number of aliphatic hydroxyl groups excluding tert-OH is 5. The van der Waals surface area contributed by atoms with Gasteiger partial charge in [-0.1, -0.05) is 36.8 Å². The molecule has 2 aliphatic heterocycles. The number of amides is 6. The maximum atomic E-state index is 13.0. The molecule has 5 rings (SSSR count). The number of imidazole rings is 1. The largest absolute Gasteiger partial charge is 0.394 e. The average molecular weight is 931 g/mol. The zero-order valence-electron chi connectivity index (χ0n) is 36.4. The molecule has 362 valence electrons. The zero-order valence-corrected chi connectivity index (χ0v) is 36.4. The van der Waals surface area contributed by atoms with Gasteiger partial charge in [-0.2, -0.15) is 0 Å². The van der Waals surface area contributed by atoms with E-state index in [4.69, 9.17) is 24.7 Å². The van der Waals surface area contributed by atoms with Crippen LogP contribution in [-0.4, -0.2) is 168 Å². The Hall–Kier alpha value is -5.77. The highest BCUT2D eigenvalue weighted by molar-refractivity contribution is 5.96. The Balaban J connectivity index is 0.994. The van der Waals surface area contributed by atoms with Crippen LogP contribution in [-0.2, 0) is 54.3 Å². The second-order valence-corrected chi connectivity index (χ2v) is 15.8. The van der Waals surface area contributed by atoms with E-state index < -0.39 is 117 Å². The monoisotopic (exact) mass is 930 g/mol. The van der Waals surface area contributed by atoms with Crippen molar-refractivity contribution in [1.82, 2.24) is 40.8 Å². The number of aliphatic hydroxyl groups is 5. The molecule has 0 aliphatic carbocycles. The predicted molar refractivity (Wildman–Crippen MR) is 227 cm³/mol. The van der Waals surface area contributed by atoms with Crippen molar-refractivity contribution >= 4 is 52.4 Å². The summed E-state index contributed by atoms with van der Waals surface area (Å²) < 4.78 is 24.3. The van der Waals surface area contributed by atoms with Crippen LogP contribution in [0.5, 0.6) is 0 Å². The van der Waals surface area contributed by atoms with E-state index in [1.807, 2.05) is 6.07 Å². The number of fused-ring (bicyclic) bond motifs is 1. The molecular formula is C41H58N10O15. The lowest BCUT2D eigenvalue weighted by atomic mass is 9.96. The van der Waals surface area contributed by atoms with Crippen LogP contribution >= 0.6 is 0 Å². The van der Waals surface area contributed by atoms with Crippen LogP contribution in [0.1, 0.15) is 64.2 Å². The number of nitrogens with two attached hydrogens (primary N) is 1. The van der Waals surface area contributed by atoms with Crippen molar-refractivity contribution in [1.29, 1.82) is 0 Å². The van der Waals surface area contributed by atoms with Crippen LogP contribution in [0.3, 0.4) is 0 Å². The summed E-state index contributed by atoms with van der Waals surface area (Å²) >= 11 is 0. The van der Waals surface area contributed by atoms with E-state index in [0.29, 0.717) is 19.3 Å². The van der Waals surface area contributed by atoms with E-state index in [1.54, 1.807) is 24.3 Å². The molecule has 2 fully saturated rings. The molecule has 0 bridgehead atoms.